The highest BCUT2D eigenvalue weighted by Crippen LogP contribution is 2.24. The van der Waals surface area contributed by atoms with E-state index in [9.17, 15) is 15.2 Å². The average Bonchev–Trinajstić information content (AvgIpc) is 2.75. The quantitative estimate of drug-likeness (QED) is 0.644. The Hall–Kier alpha value is -1.12. The van der Waals surface area contributed by atoms with Crippen LogP contribution < -0.4 is 0 Å². The molecule has 0 aromatic carbocycles. The fraction of sp³-hybridized carbons (Fsp3) is 0.750. The Morgan fingerprint density at radius 1 is 1.50 bits per heavy atom. The van der Waals surface area contributed by atoms with Gasteiger partial charge in [-0.25, -0.2) is 0 Å². The Morgan fingerprint density at radius 2 is 2.15 bits per heavy atom. The van der Waals surface area contributed by atoms with E-state index in [4.69, 9.17) is 0 Å². The Morgan fingerprint density at radius 3 is 2.70 bits per heavy atom. The van der Waals surface area contributed by atoms with Crippen LogP contribution in [0.3, 0.4) is 0 Å². The van der Waals surface area contributed by atoms with Crippen molar-refractivity contribution < 1.29 is 10.0 Å². The van der Waals surface area contributed by atoms with Crippen LogP contribution in [0.25, 0.3) is 0 Å². The lowest BCUT2D eigenvalue weighted by atomic mass is 10.2. The monoisotopic (exact) mass is 300 g/mol. The second-order valence-corrected chi connectivity index (χ2v) is 7.19. The molecule has 3 atom stereocenters. The van der Waals surface area contributed by atoms with E-state index < -0.39 is 11.0 Å². The molecule has 1 aliphatic heterocycles. The molecule has 112 valence electrons. The summed E-state index contributed by atoms with van der Waals surface area (Å²) in [5.74, 6) is 0. The van der Waals surface area contributed by atoms with Crippen LogP contribution in [0.5, 0.6) is 0 Å². The number of nitro groups is 1. The largest absolute Gasteiger partial charge is 0.390 e. The second-order valence-electron chi connectivity index (χ2n) is 5.31. The molecule has 0 saturated carbocycles. The van der Waals surface area contributed by atoms with E-state index in [1.165, 1.54) is 17.1 Å². The molecule has 20 heavy (non-hydrogen) atoms. The molecule has 0 spiro atoms. The first-order chi connectivity index (χ1) is 9.44. The van der Waals surface area contributed by atoms with Gasteiger partial charge in [-0.15, -0.1) is 0 Å². The van der Waals surface area contributed by atoms with Crippen molar-refractivity contribution in [3.8, 4) is 0 Å². The zero-order chi connectivity index (χ0) is 14.7. The van der Waals surface area contributed by atoms with E-state index in [0.717, 1.165) is 13.1 Å². The van der Waals surface area contributed by atoms with E-state index in [0.29, 0.717) is 17.0 Å². The molecule has 2 heterocycles. The van der Waals surface area contributed by atoms with Crippen LogP contribution in [-0.2, 0) is 6.54 Å². The summed E-state index contributed by atoms with van der Waals surface area (Å²) in [7, 11) is 0. The highest BCUT2D eigenvalue weighted by Gasteiger charge is 2.24. The summed E-state index contributed by atoms with van der Waals surface area (Å²) in [6.45, 7) is 7.16. The molecule has 2 rings (SSSR count). The number of rotatable bonds is 5. The Bertz CT molecular complexity index is 457. The molecule has 0 amide bonds. The van der Waals surface area contributed by atoms with Crippen molar-refractivity contribution in [3.05, 3.63) is 22.5 Å². The van der Waals surface area contributed by atoms with Gasteiger partial charge in [0.15, 0.2) is 0 Å². The number of hydrogen-bond acceptors (Lipinski definition) is 6. The molecule has 0 aliphatic carbocycles. The molecule has 1 N–H and O–H groups in total. The van der Waals surface area contributed by atoms with Gasteiger partial charge in [0.05, 0.1) is 17.6 Å². The summed E-state index contributed by atoms with van der Waals surface area (Å²) in [6.07, 6.45) is 1.98. The normalized spacial score (nSPS) is 25.6. The van der Waals surface area contributed by atoms with Crippen molar-refractivity contribution >= 4 is 17.4 Å². The van der Waals surface area contributed by atoms with Gasteiger partial charge in [0.25, 0.3) is 0 Å². The maximum absolute atomic E-state index is 10.6. The highest BCUT2D eigenvalue weighted by atomic mass is 32.2. The topological polar surface area (TPSA) is 84.4 Å². The fourth-order valence-corrected chi connectivity index (χ4v) is 3.94. The molecule has 1 aromatic heterocycles. The predicted molar refractivity (Wildman–Crippen MR) is 77.8 cm³/mol. The van der Waals surface area contributed by atoms with Crippen LogP contribution in [0.2, 0.25) is 0 Å². The van der Waals surface area contributed by atoms with Crippen molar-refractivity contribution in [2.75, 3.05) is 19.6 Å². The van der Waals surface area contributed by atoms with E-state index in [2.05, 4.69) is 23.8 Å². The number of hydrogen-bond donors (Lipinski definition) is 1. The van der Waals surface area contributed by atoms with Crippen LogP contribution in [0.15, 0.2) is 12.4 Å². The van der Waals surface area contributed by atoms with Crippen LogP contribution in [0.4, 0.5) is 5.69 Å². The van der Waals surface area contributed by atoms with Gasteiger partial charge in [0.2, 0.25) is 0 Å². The van der Waals surface area contributed by atoms with Gasteiger partial charge in [-0.1, -0.05) is 13.8 Å². The number of aromatic nitrogens is 2. The van der Waals surface area contributed by atoms with Gasteiger partial charge in [-0.3, -0.25) is 19.7 Å². The first-order valence-corrected chi connectivity index (χ1v) is 7.61. The maximum atomic E-state index is 10.6. The van der Waals surface area contributed by atoms with Crippen LogP contribution in [0, 0.1) is 10.1 Å². The van der Waals surface area contributed by atoms with Crippen LogP contribution >= 0.6 is 11.8 Å². The first kappa shape index (κ1) is 15.3. The molecule has 7 nitrogen and oxygen atoms in total. The van der Waals surface area contributed by atoms with Crippen molar-refractivity contribution in [1.29, 1.82) is 0 Å². The SMILES string of the molecule is CC1CN(CC(O)Cn2cc([N+](=O)[O-])cn2)CC(C)S1. The van der Waals surface area contributed by atoms with Crippen molar-refractivity contribution in [1.82, 2.24) is 14.7 Å². The fourth-order valence-electron chi connectivity index (χ4n) is 2.55. The average molecular weight is 300 g/mol. The number of β-amino-alcohol motifs (C(OH)–C–C–N with tert-alkyl or cyclic N) is 1. The number of aliphatic hydroxyl groups excluding tert-OH is 1. The molecular formula is C12H20N4O3S. The lowest BCUT2D eigenvalue weighted by Gasteiger charge is -2.35. The first-order valence-electron chi connectivity index (χ1n) is 6.66. The lowest BCUT2D eigenvalue weighted by Crippen LogP contribution is -2.44. The zero-order valence-electron chi connectivity index (χ0n) is 11.7. The molecule has 1 aromatic rings. The summed E-state index contributed by atoms with van der Waals surface area (Å²) in [4.78, 5) is 12.3. The number of nitrogens with zero attached hydrogens (tertiary/aromatic N) is 4. The molecule has 8 heteroatoms. The predicted octanol–water partition coefficient (Wildman–Crippen LogP) is 0.978. The summed E-state index contributed by atoms with van der Waals surface area (Å²) in [6, 6.07) is 0. The summed E-state index contributed by atoms with van der Waals surface area (Å²) < 4.78 is 1.42. The van der Waals surface area contributed by atoms with Gasteiger partial charge in [0.1, 0.15) is 12.4 Å². The molecule has 1 fully saturated rings. The summed E-state index contributed by atoms with van der Waals surface area (Å²) >= 11 is 1.97. The third kappa shape index (κ3) is 4.19. The van der Waals surface area contributed by atoms with Gasteiger partial charge in [-0.2, -0.15) is 16.9 Å². The van der Waals surface area contributed by atoms with Crippen molar-refractivity contribution in [2.45, 2.75) is 37.0 Å². The van der Waals surface area contributed by atoms with E-state index >= 15 is 0 Å². The molecule has 1 saturated heterocycles. The third-order valence-electron chi connectivity index (χ3n) is 3.19. The summed E-state index contributed by atoms with van der Waals surface area (Å²) in [5.41, 5.74) is -0.0474. The minimum Gasteiger partial charge on any atom is -0.390 e. The third-order valence-corrected chi connectivity index (χ3v) is 4.42. The molecule has 1 aliphatic rings. The Kier molecular flexibility index (Phi) is 5.00. The van der Waals surface area contributed by atoms with Crippen LogP contribution in [-0.4, -0.2) is 60.9 Å². The molecule has 3 unspecified atom stereocenters. The highest BCUT2D eigenvalue weighted by molar-refractivity contribution is 8.00. The smallest absolute Gasteiger partial charge is 0.306 e. The van der Waals surface area contributed by atoms with Gasteiger partial charge in [0, 0.05) is 30.1 Å². The van der Waals surface area contributed by atoms with Gasteiger partial charge >= 0.3 is 5.69 Å². The van der Waals surface area contributed by atoms with E-state index in [1.54, 1.807) is 0 Å². The van der Waals surface area contributed by atoms with Gasteiger partial charge in [-0.05, 0) is 0 Å². The van der Waals surface area contributed by atoms with Crippen LogP contribution in [0.1, 0.15) is 13.8 Å². The number of aliphatic hydroxyl groups is 1. The van der Waals surface area contributed by atoms with E-state index in [1.807, 2.05) is 11.8 Å². The minimum absolute atomic E-state index is 0.0474. The number of thioether (sulfide) groups is 1. The molecule has 0 radical (unpaired) electrons. The summed E-state index contributed by atoms with van der Waals surface area (Å²) in [5, 5.41) is 25.7. The standard InChI is InChI=1S/C12H20N4O3S/c1-9-4-14(5-10(2)20-9)7-12(17)8-15-6-11(3-13-15)16(18)19/h3,6,9-10,12,17H,4-5,7-8H2,1-2H3. The lowest BCUT2D eigenvalue weighted by molar-refractivity contribution is -0.385. The van der Waals surface area contributed by atoms with Gasteiger partial charge < -0.3 is 5.11 Å². The van der Waals surface area contributed by atoms with Crippen molar-refractivity contribution in [2.24, 2.45) is 0 Å². The van der Waals surface area contributed by atoms with Crippen molar-refractivity contribution in [3.63, 3.8) is 0 Å². The Labute approximate surface area is 122 Å². The second kappa shape index (κ2) is 6.55. The maximum Gasteiger partial charge on any atom is 0.306 e. The zero-order valence-corrected chi connectivity index (χ0v) is 12.5. The Balaban J connectivity index is 1.85. The molecule has 0 bridgehead atoms. The minimum atomic E-state index is -0.572. The molecular weight excluding hydrogens is 280 g/mol. The van der Waals surface area contributed by atoms with E-state index in [-0.39, 0.29) is 12.2 Å².